The zero-order chi connectivity index (χ0) is 10.8. The van der Waals surface area contributed by atoms with Crippen LogP contribution >= 0.6 is 0 Å². The highest BCUT2D eigenvalue weighted by atomic mass is 19.1. The van der Waals surface area contributed by atoms with Crippen LogP contribution in [0.4, 0.5) is 14.9 Å². The van der Waals surface area contributed by atoms with Crippen molar-refractivity contribution in [3.63, 3.8) is 0 Å². The lowest BCUT2D eigenvalue weighted by Gasteiger charge is -2.36. The molecule has 1 aliphatic heterocycles. The summed E-state index contributed by atoms with van der Waals surface area (Å²) in [5.74, 6) is -0.367. The molecule has 80 valence electrons. The highest BCUT2D eigenvalue weighted by Gasteiger charge is 2.27. The maximum Gasteiger partial charge on any atom is 0.321 e. The molecule has 0 saturated carbocycles. The molecule has 1 saturated heterocycles. The molecule has 1 aromatic carbocycles. The fraction of sp³-hybridized carbons (Fsp3) is 0.300. The Kier molecular flexibility index (Phi) is 2.55. The van der Waals surface area contributed by atoms with Gasteiger partial charge in [0.2, 0.25) is 0 Å². The number of carbonyl (C=O) groups excluding carboxylic acids is 1. The number of carbonyl (C=O) groups is 1. The standard InChI is InChI=1S/C10H12FN3O/c11-7-2-1-3-9(4-7)13-10(15)14-5-8(12)6-14/h1-4,8H,5-6,12H2,(H,13,15). The minimum atomic E-state index is -0.367. The SMILES string of the molecule is NC1CN(C(=O)Nc2cccc(F)c2)C1. The average molecular weight is 209 g/mol. The molecule has 1 aromatic rings. The van der Waals surface area contributed by atoms with Crippen LogP contribution in [0.15, 0.2) is 24.3 Å². The Hall–Kier alpha value is -1.62. The first-order valence-electron chi connectivity index (χ1n) is 4.72. The maximum absolute atomic E-state index is 12.8. The number of hydrogen-bond acceptors (Lipinski definition) is 2. The van der Waals surface area contributed by atoms with Crippen molar-refractivity contribution in [2.45, 2.75) is 6.04 Å². The summed E-state index contributed by atoms with van der Waals surface area (Å²) in [6, 6.07) is 5.63. The van der Waals surface area contributed by atoms with Crippen molar-refractivity contribution in [1.82, 2.24) is 4.90 Å². The van der Waals surface area contributed by atoms with Gasteiger partial charge in [-0.05, 0) is 18.2 Å². The molecular weight excluding hydrogens is 197 g/mol. The Morgan fingerprint density at radius 3 is 2.87 bits per heavy atom. The van der Waals surface area contributed by atoms with E-state index in [9.17, 15) is 9.18 Å². The van der Waals surface area contributed by atoms with Crippen LogP contribution < -0.4 is 11.1 Å². The van der Waals surface area contributed by atoms with Gasteiger partial charge in [0.15, 0.2) is 0 Å². The number of anilines is 1. The van der Waals surface area contributed by atoms with Gasteiger partial charge >= 0.3 is 6.03 Å². The Bertz CT molecular complexity index is 377. The first-order chi connectivity index (χ1) is 7.15. The van der Waals surface area contributed by atoms with Gasteiger partial charge < -0.3 is 16.0 Å². The molecule has 2 amide bonds. The summed E-state index contributed by atoms with van der Waals surface area (Å²) < 4.78 is 12.8. The summed E-state index contributed by atoms with van der Waals surface area (Å²) in [5.41, 5.74) is 6.00. The molecule has 15 heavy (non-hydrogen) atoms. The number of rotatable bonds is 1. The van der Waals surface area contributed by atoms with Gasteiger partial charge in [-0.1, -0.05) is 6.07 Å². The van der Waals surface area contributed by atoms with Gasteiger partial charge in [0.25, 0.3) is 0 Å². The molecule has 2 rings (SSSR count). The number of halogens is 1. The van der Waals surface area contributed by atoms with E-state index in [-0.39, 0.29) is 17.9 Å². The van der Waals surface area contributed by atoms with E-state index in [4.69, 9.17) is 5.73 Å². The average Bonchev–Trinajstić information content (AvgIpc) is 2.13. The van der Waals surface area contributed by atoms with Crippen molar-refractivity contribution < 1.29 is 9.18 Å². The molecule has 0 radical (unpaired) electrons. The van der Waals surface area contributed by atoms with Crippen LogP contribution in [0.25, 0.3) is 0 Å². The van der Waals surface area contributed by atoms with Crippen molar-refractivity contribution in [3.05, 3.63) is 30.1 Å². The summed E-state index contributed by atoms with van der Waals surface area (Å²) in [6.45, 7) is 1.11. The molecular formula is C10H12FN3O. The zero-order valence-corrected chi connectivity index (χ0v) is 8.11. The summed E-state index contributed by atoms with van der Waals surface area (Å²) >= 11 is 0. The second kappa shape index (κ2) is 3.86. The number of nitrogens with one attached hydrogen (secondary N) is 1. The molecule has 3 N–H and O–H groups in total. The van der Waals surface area contributed by atoms with E-state index in [0.29, 0.717) is 18.8 Å². The smallest absolute Gasteiger partial charge is 0.321 e. The summed E-state index contributed by atoms with van der Waals surface area (Å²) in [5, 5.41) is 2.60. The van der Waals surface area contributed by atoms with Crippen molar-refractivity contribution >= 4 is 11.7 Å². The van der Waals surface area contributed by atoms with Crippen LogP contribution in [0.5, 0.6) is 0 Å². The van der Waals surface area contributed by atoms with Crippen LogP contribution in [0.3, 0.4) is 0 Å². The van der Waals surface area contributed by atoms with Gasteiger partial charge in [-0.25, -0.2) is 9.18 Å². The molecule has 1 heterocycles. The second-order valence-electron chi connectivity index (χ2n) is 3.61. The number of nitrogens with zero attached hydrogens (tertiary/aromatic N) is 1. The van der Waals surface area contributed by atoms with Crippen molar-refractivity contribution in [2.75, 3.05) is 18.4 Å². The minimum Gasteiger partial charge on any atom is -0.325 e. The van der Waals surface area contributed by atoms with Crippen LogP contribution in [-0.4, -0.2) is 30.1 Å². The molecule has 0 spiro atoms. The monoisotopic (exact) mass is 209 g/mol. The topological polar surface area (TPSA) is 58.4 Å². The van der Waals surface area contributed by atoms with Gasteiger partial charge in [-0.3, -0.25) is 0 Å². The van der Waals surface area contributed by atoms with Crippen LogP contribution in [-0.2, 0) is 0 Å². The number of amides is 2. The summed E-state index contributed by atoms with van der Waals surface area (Å²) in [7, 11) is 0. The normalized spacial score (nSPS) is 16.0. The van der Waals surface area contributed by atoms with Crippen molar-refractivity contribution in [1.29, 1.82) is 0 Å². The van der Waals surface area contributed by atoms with Gasteiger partial charge in [-0.2, -0.15) is 0 Å². The van der Waals surface area contributed by atoms with E-state index >= 15 is 0 Å². The number of nitrogens with two attached hydrogens (primary N) is 1. The van der Waals surface area contributed by atoms with Gasteiger partial charge in [0, 0.05) is 24.8 Å². The van der Waals surface area contributed by atoms with E-state index in [1.807, 2.05) is 0 Å². The third-order valence-corrected chi connectivity index (χ3v) is 2.27. The minimum absolute atomic E-state index is 0.0725. The third-order valence-electron chi connectivity index (χ3n) is 2.27. The van der Waals surface area contributed by atoms with Crippen LogP contribution in [0, 0.1) is 5.82 Å². The Morgan fingerprint density at radius 2 is 2.27 bits per heavy atom. The highest BCUT2D eigenvalue weighted by Crippen LogP contribution is 2.12. The number of urea groups is 1. The first-order valence-corrected chi connectivity index (χ1v) is 4.72. The summed E-state index contributed by atoms with van der Waals surface area (Å²) in [4.78, 5) is 13.1. The lowest BCUT2D eigenvalue weighted by molar-refractivity contribution is 0.165. The number of likely N-dealkylation sites (tertiary alicyclic amines) is 1. The first kappa shape index (κ1) is 9.92. The lowest BCUT2D eigenvalue weighted by Crippen LogP contribution is -2.58. The predicted molar refractivity (Wildman–Crippen MR) is 55.0 cm³/mol. The third kappa shape index (κ3) is 2.24. The lowest BCUT2D eigenvalue weighted by atomic mass is 10.1. The van der Waals surface area contributed by atoms with Gasteiger partial charge in [0.1, 0.15) is 5.82 Å². The largest absolute Gasteiger partial charge is 0.325 e. The molecule has 4 nitrogen and oxygen atoms in total. The van der Waals surface area contributed by atoms with Crippen LogP contribution in [0.1, 0.15) is 0 Å². The quantitative estimate of drug-likeness (QED) is 0.725. The Balaban J connectivity index is 1.94. The fourth-order valence-electron chi connectivity index (χ4n) is 1.45. The van der Waals surface area contributed by atoms with E-state index in [0.717, 1.165) is 0 Å². The molecule has 0 bridgehead atoms. The molecule has 0 aliphatic carbocycles. The van der Waals surface area contributed by atoms with E-state index in [2.05, 4.69) is 5.32 Å². The molecule has 5 heteroatoms. The highest BCUT2D eigenvalue weighted by molar-refractivity contribution is 5.89. The van der Waals surface area contributed by atoms with Gasteiger partial charge in [-0.15, -0.1) is 0 Å². The molecule has 0 atom stereocenters. The number of benzene rings is 1. The van der Waals surface area contributed by atoms with Crippen molar-refractivity contribution in [2.24, 2.45) is 5.73 Å². The van der Waals surface area contributed by atoms with Crippen LogP contribution in [0.2, 0.25) is 0 Å². The van der Waals surface area contributed by atoms with Gasteiger partial charge in [0.05, 0.1) is 0 Å². The predicted octanol–water partition coefficient (Wildman–Crippen LogP) is 1.00. The second-order valence-corrected chi connectivity index (χ2v) is 3.61. The van der Waals surface area contributed by atoms with E-state index in [1.54, 1.807) is 17.0 Å². The maximum atomic E-state index is 12.8. The Labute approximate surface area is 86.9 Å². The Morgan fingerprint density at radius 1 is 1.53 bits per heavy atom. The number of hydrogen-bond donors (Lipinski definition) is 2. The molecule has 0 aromatic heterocycles. The molecule has 1 aliphatic rings. The van der Waals surface area contributed by atoms with E-state index < -0.39 is 0 Å². The van der Waals surface area contributed by atoms with E-state index in [1.165, 1.54) is 12.1 Å². The fourth-order valence-corrected chi connectivity index (χ4v) is 1.45. The zero-order valence-electron chi connectivity index (χ0n) is 8.11. The summed E-state index contributed by atoms with van der Waals surface area (Å²) in [6.07, 6.45) is 0. The molecule has 0 unspecified atom stereocenters. The molecule has 1 fully saturated rings. The van der Waals surface area contributed by atoms with Crippen molar-refractivity contribution in [3.8, 4) is 0 Å².